The second-order valence-corrected chi connectivity index (χ2v) is 3.35. The first-order chi connectivity index (χ1) is 7.36. The summed E-state index contributed by atoms with van der Waals surface area (Å²) in [7, 11) is 0. The first-order valence-electron chi connectivity index (χ1n) is 4.59. The lowest BCUT2D eigenvalue weighted by Gasteiger charge is -2.14. The quantitative estimate of drug-likeness (QED) is 0.792. The third kappa shape index (κ3) is 2.93. The fourth-order valence-corrected chi connectivity index (χ4v) is 1.30. The third-order valence-electron chi connectivity index (χ3n) is 2.16. The van der Waals surface area contributed by atoms with Gasteiger partial charge in [0.05, 0.1) is 5.56 Å². The van der Waals surface area contributed by atoms with Gasteiger partial charge >= 0.3 is 6.18 Å². The molecule has 1 atom stereocenters. The monoisotopic (exact) mass is 237 g/mol. The summed E-state index contributed by atoms with van der Waals surface area (Å²) in [6.45, 7) is -0.309. The Morgan fingerprint density at radius 3 is 2.44 bits per heavy atom. The molecule has 1 aromatic carbocycles. The van der Waals surface area contributed by atoms with Crippen molar-refractivity contribution in [1.29, 1.82) is 0 Å². The summed E-state index contributed by atoms with van der Waals surface area (Å²) in [6, 6.07) is 1.13. The zero-order chi connectivity index (χ0) is 12.3. The Morgan fingerprint density at radius 1 is 1.31 bits per heavy atom. The SMILES string of the molecule is NC(CCO)c1cc(C(F)(F)F)ccc1F. The van der Waals surface area contributed by atoms with Crippen LogP contribution < -0.4 is 5.73 Å². The van der Waals surface area contributed by atoms with Crippen molar-refractivity contribution in [3.05, 3.63) is 35.1 Å². The van der Waals surface area contributed by atoms with Crippen LogP contribution in [0.15, 0.2) is 18.2 Å². The Kier molecular flexibility index (Phi) is 3.88. The number of rotatable bonds is 3. The maximum absolute atomic E-state index is 13.2. The van der Waals surface area contributed by atoms with Gasteiger partial charge in [-0.25, -0.2) is 4.39 Å². The zero-order valence-electron chi connectivity index (χ0n) is 8.26. The first-order valence-corrected chi connectivity index (χ1v) is 4.59. The Hall–Kier alpha value is -1.14. The van der Waals surface area contributed by atoms with Gasteiger partial charge in [-0.3, -0.25) is 0 Å². The van der Waals surface area contributed by atoms with Crippen molar-refractivity contribution < 1.29 is 22.7 Å². The molecule has 0 saturated carbocycles. The predicted molar refractivity (Wildman–Crippen MR) is 50.0 cm³/mol. The minimum Gasteiger partial charge on any atom is -0.396 e. The molecule has 0 aliphatic rings. The van der Waals surface area contributed by atoms with E-state index < -0.39 is 23.6 Å². The average molecular weight is 237 g/mol. The van der Waals surface area contributed by atoms with Crippen molar-refractivity contribution >= 4 is 0 Å². The molecule has 0 amide bonds. The maximum Gasteiger partial charge on any atom is 0.416 e. The molecule has 0 heterocycles. The summed E-state index contributed by atoms with van der Waals surface area (Å²) >= 11 is 0. The second kappa shape index (κ2) is 4.80. The van der Waals surface area contributed by atoms with Gasteiger partial charge in [-0.05, 0) is 24.6 Å². The van der Waals surface area contributed by atoms with Crippen LogP contribution in [0.4, 0.5) is 17.6 Å². The van der Waals surface area contributed by atoms with E-state index in [0.29, 0.717) is 12.1 Å². The summed E-state index contributed by atoms with van der Waals surface area (Å²) in [5.74, 6) is -0.797. The number of hydrogen-bond donors (Lipinski definition) is 2. The summed E-state index contributed by atoms with van der Waals surface area (Å²) in [4.78, 5) is 0. The Labute approximate surface area is 89.7 Å². The number of hydrogen-bond acceptors (Lipinski definition) is 2. The van der Waals surface area contributed by atoms with E-state index in [0.717, 1.165) is 6.07 Å². The minimum absolute atomic E-state index is 0.0121. The van der Waals surface area contributed by atoms with E-state index in [2.05, 4.69) is 0 Å². The van der Waals surface area contributed by atoms with Crippen molar-refractivity contribution in [2.24, 2.45) is 5.73 Å². The smallest absolute Gasteiger partial charge is 0.396 e. The summed E-state index contributed by atoms with van der Waals surface area (Å²) in [5.41, 5.74) is 4.27. The van der Waals surface area contributed by atoms with E-state index in [1.807, 2.05) is 0 Å². The van der Waals surface area contributed by atoms with Gasteiger partial charge in [-0.1, -0.05) is 0 Å². The number of halogens is 4. The van der Waals surface area contributed by atoms with Gasteiger partial charge in [0.25, 0.3) is 0 Å². The molecule has 0 aliphatic carbocycles. The highest BCUT2D eigenvalue weighted by Crippen LogP contribution is 2.31. The predicted octanol–water partition coefficient (Wildman–Crippen LogP) is 2.23. The van der Waals surface area contributed by atoms with E-state index >= 15 is 0 Å². The van der Waals surface area contributed by atoms with Gasteiger partial charge in [0.15, 0.2) is 0 Å². The van der Waals surface area contributed by atoms with Crippen molar-refractivity contribution in [3.63, 3.8) is 0 Å². The van der Waals surface area contributed by atoms with Gasteiger partial charge in [-0.15, -0.1) is 0 Å². The van der Waals surface area contributed by atoms with Crippen LogP contribution >= 0.6 is 0 Å². The molecule has 2 nitrogen and oxygen atoms in total. The number of aliphatic hydroxyl groups excluding tert-OH is 1. The van der Waals surface area contributed by atoms with Crippen LogP contribution in [0.2, 0.25) is 0 Å². The first kappa shape index (κ1) is 12.9. The summed E-state index contributed by atoms with van der Waals surface area (Å²) in [5, 5.41) is 8.59. The molecule has 0 bridgehead atoms. The fraction of sp³-hybridized carbons (Fsp3) is 0.400. The maximum atomic E-state index is 13.2. The second-order valence-electron chi connectivity index (χ2n) is 3.35. The average Bonchev–Trinajstić information content (AvgIpc) is 2.16. The lowest BCUT2D eigenvalue weighted by Crippen LogP contribution is -2.15. The Bertz CT molecular complexity index is 364. The van der Waals surface area contributed by atoms with Gasteiger partial charge in [0, 0.05) is 18.2 Å². The minimum atomic E-state index is -4.53. The lowest BCUT2D eigenvalue weighted by molar-refractivity contribution is -0.137. The van der Waals surface area contributed by atoms with Crippen LogP contribution in [0.3, 0.4) is 0 Å². The molecule has 0 spiro atoms. The molecule has 0 fully saturated rings. The number of alkyl halides is 3. The molecule has 16 heavy (non-hydrogen) atoms. The normalized spacial score (nSPS) is 13.9. The molecule has 1 unspecified atom stereocenters. The van der Waals surface area contributed by atoms with Crippen LogP contribution in [0.5, 0.6) is 0 Å². The van der Waals surface area contributed by atoms with E-state index in [-0.39, 0.29) is 18.6 Å². The highest BCUT2D eigenvalue weighted by Gasteiger charge is 2.31. The van der Waals surface area contributed by atoms with Crippen LogP contribution in [-0.4, -0.2) is 11.7 Å². The van der Waals surface area contributed by atoms with Gasteiger partial charge in [0.2, 0.25) is 0 Å². The van der Waals surface area contributed by atoms with Gasteiger partial charge in [0.1, 0.15) is 5.82 Å². The molecular weight excluding hydrogens is 226 g/mol. The van der Waals surface area contributed by atoms with Crippen LogP contribution in [0, 0.1) is 5.82 Å². The van der Waals surface area contributed by atoms with Crippen molar-refractivity contribution in [2.75, 3.05) is 6.61 Å². The molecule has 1 aromatic rings. The largest absolute Gasteiger partial charge is 0.416 e. The van der Waals surface area contributed by atoms with Crippen LogP contribution in [0.25, 0.3) is 0 Å². The molecule has 6 heteroatoms. The highest BCUT2D eigenvalue weighted by atomic mass is 19.4. The van der Waals surface area contributed by atoms with Crippen LogP contribution in [0.1, 0.15) is 23.6 Å². The Balaban J connectivity index is 3.09. The molecular formula is C10H11F4NO. The lowest BCUT2D eigenvalue weighted by atomic mass is 10.0. The van der Waals surface area contributed by atoms with E-state index in [9.17, 15) is 17.6 Å². The van der Waals surface area contributed by atoms with Crippen molar-refractivity contribution in [3.8, 4) is 0 Å². The number of aliphatic hydroxyl groups is 1. The number of nitrogens with two attached hydrogens (primary N) is 1. The standard InChI is InChI=1S/C10H11F4NO/c11-8-2-1-6(10(12,13)14)5-7(8)9(15)3-4-16/h1-2,5,9,16H,3-4,15H2. The topological polar surface area (TPSA) is 46.2 Å². The molecule has 0 saturated heterocycles. The molecule has 0 aliphatic heterocycles. The van der Waals surface area contributed by atoms with E-state index in [4.69, 9.17) is 10.8 Å². The highest BCUT2D eigenvalue weighted by molar-refractivity contribution is 5.29. The number of benzene rings is 1. The molecule has 1 rings (SSSR count). The fourth-order valence-electron chi connectivity index (χ4n) is 1.30. The zero-order valence-corrected chi connectivity index (χ0v) is 8.26. The summed E-state index contributed by atoms with van der Waals surface area (Å²) < 4.78 is 50.2. The molecule has 0 radical (unpaired) electrons. The molecule has 90 valence electrons. The molecule has 3 N–H and O–H groups in total. The van der Waals surface area contributed by atoms with E-state index in [1.165, 1.54) is 0 Å². The van der Waals surface area contributed by atoms with Gasteiger partial charge in [-0.2, -0.15) is 13.2 Å². The van der Waals surface area contributed by atoms with E-state index in [1.54, 1.807) is 0 Å². The Morgan fingerprint density at radius 2 is 1.94 bits per heavy atom. The van der Waals surface area contributed by atoms with Crippen molar-refractivity contribution in [1.82, 2.24) is 0 Å². The third-order valence-corrected chi connectivity index (χ3v) is 2.16. The molecule has 0 aromatic heterocycles. The van der Waals surface area contributed by atoms with Crippen molar-refractivity contribution in [2.45, 2.75) is 18.6 Å². The van der Waals surface area contributed by atoms with Gasteiger partial charge < -0.3 is 10.8 Å². The summed E-state index contributed by atoms with van der Waals surface area (Å²) in [6.07, 6.45) is -4.51. The van der Waals surface area contributed by atoms with Crippen LogP contribution in [-0.2, 0) is 6.18 Å².